The minimum Gasteiger partial charge on any atom is -0.328 e. The first-order valence-electron chi connectivity index (χ1n) is 4.42. The number of nitrogens with zero attached hydrogens (tertiary/aromatic N) is 2. The minimum absolute atomic E-state index is 0.145. The van der Waals surface area contributed by atoms with E-state index in [2.05, 4.69) is 9.97 Å². The number of fused-ring (bicyclic) bond motifs is 1. The van der Waals surface area contributed by atoms with Crippen LogP contribution in [-0.4, -0.2) is 16.0 Å². The topological polar surface area (TPSA) is 51.8 Å². The molecule has 0 aliphatic carbocycles. The highest BCUT2D eigenvalue weighted by atomic mass is 32.2. The van der Waals surface area contributed by atoms with E-state index in [1.807, 2.05) is 24.9 Å². The second-order valence-electron chi connectivity index (χ2n) is 3.43. The Balaban J connectivity index is 2.21. The summed E-state index contributed by atoms with van der Waals surface area (Å²) in [5.41, 5.74) is 8.18. The van der Waals surface area contributed by atoms with Crippen LogP contribution in [-0.2, 0) is 17.9 Å². The Labute approximate surface area is 82.2 Å². The minimum atomic E-state index is 0.145. The molecule has 4 heteroatoms. The maximum atomic E-state index is 5.68. The lowest BCUT2D eigenvalue weighted by Gasteiger charge is -2.04. The van der Waals surface area contributed by atoms with Crippen LogP contribution >= 0.6 is 11.8 Å². The number of hydrogen-bond donors (Lipinski definition) is 1. The summed E-state index contributed by atoms with van der Waals surface area (Å²) in [4.78, 5) is 8.77. The van der Waals surface area contributed by atoms with Gasteiger partial charge in [-0.3, -0.25) is 0 Å². The van der Waals surface area contributed by atoms with Crippen LogP contribution in [0.3, 0.4) is 0 Å². The molecule has 2 N–H and O–H groups in total. The molecule has 0 bridgehead atoms. The molecule has 1 aromatic heterocycles. The molecule has 1 aliphatic heterocycles. The first-order valence-corrected chi connectivity index (χ1v) is 5.58. The number of thioether (sulfide) groups is 1. The van der Waals surface area contributed by atoms with Gasteiger partial charge in [-0.05, 0) is 6.92 Å². The molecule has 0 saturated carbocycles. The molecule has 0 radical (unpaired) electrons. The fourth-order valence-corrected chi connectivity index (χ4v) is 2.38. The van der Waals surface area contributed by atoms with Crippen molar-refractivity contribution in [3.63, 3.8) is 0 Å². The zero-order chi connectivity index (χ0) is 9.26. The van der Waals surface area contributed by atoms with Gasteiger partial charge >= 0.3 is 0 Å². The van der Waals surface area contributed by atoms with Crippen molar-refractivity contribution in [2.24, 2.45) is 5.73 Å². The van der Waals surface area contributed by atoms with Crippen molar-refractivity contribution in [1.82, 2.24) is 9.97 Å². The van der Waals surface area contributed by atoms with Crippen LogP contribution in [0.5, 0.6) is 0 Å². The Bertz CT molecular complexity index is 312. The molecule has 2 heterocycles. The van der Waals surface area contributed by atoms with Gasteiger partial charge in [0.1, 0.15) is 5.82 Å². The monoisotopic (exact) mass is 195 g/mol. The summed E-state index contributed by atoms with van der Waals surface area (Å²) in [6.45, 7) is 1.98. The molecule has 70 valence electrons. The van der Waals surface area contributed by atoms with E-state index in [9.17, 15) is 0 Å². The third-order valence-electron chi connectivity index (χ3n) is 2.00. The van der Waals surface area contributed by atoms with Crippen LogP contribution < -0.4 is 5.73 Å². The van der Waals surface area contributed by atoms with Gasteiger partial charge in [0, 0.05) is 35.7 Å². The lowest BCUT2D eigenvalue weighted by Crippen LogP contribution is -2.19. The highest BCUT2D eigenvalue weighted by Gasteiger charge is 2.13. The summed E-state index contributed by atoms with van der Waals surface area (Å²) in [7, 11) is 0. The van der Waals surface area contributed by atoms with E-state index in [0.29, 0.717) is 0 Å². The van der Waals surface area contributed by atoms with E-state index in [0.717, 1.165) is 23.8 Å². The average molecular weight is 195 g/mol. The SMILES string of the molecule is CC(N)Cc1ncc2c(n1)CSC2. The molecule has 3 nitrogen and oxygen atoms in total. The molecule has 1 aromatic rings. The molecule has 1 unspecified atom stereocenters. The second kappa shape index (κ2) is 3.64. The summed E-state index contributed by atoms with van der Waals surface area (Å²) in [5, 5.41) is 0. The molecule has 1 atom stereocenters. The van der Waals surface area contributed by atoms with E-state index in [4.69, 9.17) is 5.73 Å². The van der Waals surface area contributed by atoms with Gasteiger partial charge in [0.25, 0.3) is 0 Å². The Morgan fingerprint density at radius 2 is 2.46 bits per heavy atom. The molecule has 0 amide bonds. The zero-order valence-corrected chi connectivity index (χ0v) is 8.47. The maximum Gasteiger partial charge on any atom is 0.130 e. The van der Waals surface area contributed by atoms with Gasteiger partial charge in [-0.25, -0.2) is 9.97 Å². The summed E-state index contributed by atoms with van der Waals surface area (Å²) >= 11 is 1.90. The third kappa shape index (κ3) is 2.00. The van der Waals surface area contributed by atoms with E-state index < -0.39 is 0 Å². The Kier molecular flexibility index (Phi) is 2.51. The van der Waals surface area contributed by atoms with Gasteiger partial charge in [-0.2, -0.15) is 11.8 Å². The molecule has 1 aliphatic rings. The van der Waals surface area contributed by atoms with Crippen LogP contribution in [0.2, 0.25) is 0 Å². The number of nitrogens with two attached hydrogens (primary N) is 1. The summed E-state index contributed by atoms with van der Waals surface area (Å²) in [5.74, 6) is 2.98. The summed E-state index contributed by atoms with van der Waals surface area (Å²) in [6.07, 6.45) is 2.72. The van der Waals surface area contributed by atoms with Crippen LogP contribution in [0.1, 0.15) is 24.0 Å². The summed E-state index contributed by atoms with van der Waals surface area (Å²) < 4.78 is 0. The zero-order valence-electron chi connectivity index (χ0n) is 7.66. The van der Waals surface area contributed by atoms with Crippen molar-refractivity contribution in [3.8, 4) is 0 Å². The van der Waals surface area contributed by atoms with Gasteiger partial charge in [0.05, 0.1) is 5.69 Å². The number of hydrogen-bond acceptors (Lipinski definition) is 4. The first kappa shape index (κ1) is 8.97. The van der Waals surface area contributed by atoms with Crippen molar-refractivity contribution in [3.05, 3.63) is 23.3 Å². The fourth-order valence-electron chi connectivity index (χ4n) is 1.37. The highest BCUT2D eigenvalue weighted by Crippen LogP contribution is 2.27. The van der Waals surface area contributed by atoms with Gasteiger partial charge in [-0.1, -0.05) is 0 Å². The predicted octanol–water partition coefficient (Wildman–Crippen LogP) is 1.11. The lowest BCUT2D eigenvalue weighted by molar-refractivity contribution is 0.697. The number of rotatable bonds is 2. The normalized spacial score (nSPS) is 17.1. The van der Waals surface area contributed by atoms with Crippen LogP contribution in [0, 0.1) is 0 Å². The van der Waals surface area contributed by atoms with Crippen LogP contribution in [0.15, 0.2) is 6.20 Å². The van der Waals surface area contributed by atoms with Crippen molar-refractivity contribution >= 4 is 11.8 Å². The van der Waals surface area contributed by atoms with E-state index in [1.165, 1.54) is 11.3 Å². The Hall–Kier alpha value is -0.610. The van der Waals surface area contributed by atoms with E-state index in [-0.39, 0.29) is 6.04 Å². The van der Waals surface area contributed by atoms with E-state index in [1.54, 1.807) is 0 Å². The average Bonchev–Trinajstić information content (AvgIpc) is 2.49. The smallest absolute Gasteiger partial charge is 0.130 e. The summed E-state index contributed by atoms with van der Waals surface area (Å²) in [6, 6.07) is 0.145. The van der Waals surface area contributed by atoms with Crippen molar-refractivity contribution in [1.29, 1.82) is 0 Å². The largest absolute Gasteiger partial charge is 0.328 e. The van der Waals surface area contributed by atoms with Crippen molar-refractivity contribution in [2.45, 2.75) is 30.9 Å². The first-order chi connectivity index (χ1) is 6.25. The molecular weight excluding hydrogens is 182 g/mol. The second-order valence-corrected chi connectivity index (χ2v) is 4.42. The van der Waals surface area contributed by atoms with Crippen molar-refractivity contribution in [2.75, 3.05) is 0 Å². The lowest BCUT2D eigenvalue weighted by atomic mass is 10.2. The quantitative estimate of drug-likeness (QED) is 0.768. The van der Waals surface area contributed by atoms with Gasteiger partial charge in [-0.15, -0.1) is 0 Å². The molecule has 0 spiro atoms. The van der Waals surface area contributed by atoms with Crippen LogP contribution in [0.4, 0.5) is 0 Å². The third-order valence-corrected chi connectivity index (χ3v) is 3.00. The molecule has 13 heavy (non-hydrogen) atoms. The van der Waals surface area contributed by atoms with Crippen molar-refractivity contribution < 1.29 is 0 Å². The Morgan fingerprint density at radius 3 is 3.23 bits per heavy atom. The Morgan fingerprint density at radius 1 is 1.62 bits per heavy atom. The van der Waals surface area contributed by atoms with Gasteiger partial charge < -0.3 is 5.73 Å². The molecule has 0 aromatic carbocycles. The fraction of sp³-hybridized carbons (Fsp3) is 0.556. The molecule has 0 fully saturated rings. The predicted molar refractivity (Wildman–Crippen MR) is 54.4 cm³/mol. The molecular formula is C9H13N3S. The standard InChI is InChI=1S/C9H13N3S/c1-6(10)2-9-11-3-7-4-13-5-8(7)12-9/h3,6H,2,4-5,10H2,1H3. The molecule has 2 rings (SSSR count). The van der Waals surface area contributed by atoms with Gasteiger partial charge in [0.2, 0.25) is 0 Å². The maximum absolute atomic E-state index is 5.68. The van der Waals surface area contributed by atoms with Gasteiger partial charge in [0.15, 0.2) is 0 Å². The van der Waals surface area contributed by atoms with E-state index >= 15 is 0 Å². The number of aromatic nitrogens is 2. The van der Waals surface area contributed by atoms with Crippen LogP contribution in [0.25, 0.3) is 0 Å². The molecule has 0 saturated heterocycles. The highest BCUT2D eigenvalue weighted by molar-refractivity contribution is 7.98.